The fraction of sp³-hybridized carbons (Fsp3) is 1.00. The van der Waals surface area contributed by atoms with Crippen LogP contribution in [0.3, 0.4) is 0 Å². The Hall–Kier alpha value is -0.120. The van der Waals surface area contributed by atoms with Crippen LogP contribution in [0, 0.1) is 11.8 Å². The van der Waals surface area contributed by atoms with Gasteiger partial charge in [0.15, 0.2) is 0 Å². The van der Waals surface area contributed by atoms with Crippen LogP contribution in [0.15, 0.2) is 0 Å². The largest absolute Gasteiger partial charge is 0.383 e. The van der Waals surface area contributed by atoms with E-state index in [2.05, 4.69) is 25.7 Å². The maximum atomic E-state index is 6.15. The molecule has 0 heterocycles. The van der Waals surface area contributed by atoms with Crippen molar-refractivity contribution in [1.82, 2.24) is 4.90 Å². The summed E-state index contributed by atoms with van der Waals surface area (Å²) < 4.78 is 5.27. The first kappa shape index (κ1) is 15.9. The molecule has 1 rings (SSSR count). The number of hydrogen-bond acceptors (Lipinski definition) is 3. The zero-order valence-corrected chi connectivity index (χ0v) is 12.7. The van der Waals surface area contributed by atoms with Crippen LogP contribution in [0.1, 0.15) is 46.5 Å². The number of rotatable bonds is 8. The second kappa shape index (κ2) is 7.46. The van der Waals surface area contributed by atoms with Crippen LogP contribution in [-0.4, -0.2) is 43.8 Å². The number of hydrogen-bond donors (Lipinski definition) is 1. The van der Waals surface area contributed by atoms with Crippen molar-refractivity contribution in [2.24, 2.45) is 17.6 Å². The minimum absolute atomic E-state index is 0.240. The van der Waals surface area contributed by atoms with Crippen LogP contribution in [-0.2, 0) is 4.74 Å². The standard InChI is InChI=1S/C15H32N2O/c1-5-14-6-7-15(10-14,12-16)17(8-9-18-4)11-13(2)3/h13-14H,5-12,16H2,1-4H3. The van der Waals surface area contributed by atoms with Gasteiger partial charge in [0.2, 0.25) is 0 Å². The first-order chi connectivity index (χ1) is 8.57. The van der Waals surface area contributed by atoms with E-state index >= 15 is 0 Å². The Morgan fingerprint density at radius 2 is 2.17 bits per heavy atom. The average molecular weight is 256 g/mol. The first-order valence-electron chi connectivity index (χ1n) is 7.52. The van der Waals surface area contributed by atoms with Gasteiger partial charge in [0.25, 0.3) is 0 Å². The molecule has 0 spiro atoms. The van der Waals surface area contributed by atoms with Crippen molar-refractivity contribution in [2.45, 2.75) is 52.0 Å². The van der Waals surface area contributed by atoms with Crippen molar-refractivity contribution in [3.05, 3.63) is 0 Å². The molecule has 0 bridgehead atoms. The molecule has 1 aliphatic rings. The van der Waals surface area contributed by atoms with Crippen molar-refractivity contribution in [3.8, 4) is 0 Å². The Balaban J connectivity index is 2.72. The van der Waals surface area contributed by atoms with Crippen LogP contribution >= 0.6 is 0 Å². The Morgan fingerprint density at radius 1 is 1.44 bits per heavy atom. The summed E-state index contributed by atoms with van der Waals surface area (Å²) >= 11 is 0. The van der Waals surface area contributed by atoms with E-state index in [4.69, 9.17) is 10.5 Å². The molecular weight excluding hydrogens is 224 g/mol. The summed E-state index contributed by atoms with van der Waals surface area (Å²) in [7, 11) is 1.78. The van der Waals surface area contributed by atoms with Gasteiger partial charge >= 0.3 is 0 Å². The lowest BCUT2D eigenvalue weighted by Crippen LogP contribution is -2.54. The van der Waals surface area contributed by atoms with Crippen molar-refractivity contribution in [1.29, 1.82) is 0 Å². The Kier molecular flexibility index (Phi) is 6.61. The van der Waals surface area contributed by atoms with Crippen LogP contribution in [0.5, 0.6) is 0 Å². The summed E-state index contributed by atoms with van der Waals surface area (Å²) in [5, 5.41) is 0. The zero-order valence-electron chi connectivity index (χ0n) is 12.7. The number of nitrogens with two attached hydrogens (primary N) is 1. The molecule has 1 saturated carbocycles. The predicted octanol–water partition coefficient (Wildman–Crippen LogP) is 2.50. The van der Waals surface area contributed by atoms with Gasteiger partial charge in [-0.1, -0.05) is 27.2 Å². The lowest BCUT2D eigenvalue weighted by atomic mass is 9.91. The third-order valence-electron chi connectivity index (χ3n) is 4.47. The lowest BCUT2D eigenvalue weighted by molar-refractivity contribution is 0.0507. The average Bonchev–Trinajstić information content (AvgIpc) is 2.79. The van der Waals surface area contributed by atoms with Gasteiger partial charge in [-0.25, -0.2) is 0 Å². The van der Waals surface area contributed by atoms with Crippen LogP contribution in [0.2, 0.25) is 0 Å². The molecule has 2 atom stereocenters. The van der Waals surface area contributed by atoms with Gasteiger partial charge in [-0.05, 0) is 31.1 Å². The van der Waals surface area contributed by atoms with Crippen LogP contribution < -0.4 is 5.73 Å². The second-order valence-electron chi connectivity index (χ2n) is 6.28. The van der Waals surface area contributed by atoms with Gasteiger partial charge in [0.1, 0.15) is 0 Å². The minimum Gasteiger partial charge on any atom is -0.383 e. The third kappa shape index (κ3) is 3.94. The summed E-state index contributed by atoms with van der Waals surface area (Å²) in [4.78, 5) is 2.61. The van der Waals surface area contributed by atoms with Gasteiger partial charge in [-0.2, -0.15) is 0 Å². The van der Waals surface area contributed by atoms with Gasteiger partial charge in [0, 0.05) is 32.3 Å². The summed E-state index contributed by atoms with van der Waals surface area (Å²) in [6, 6.07) is 0. The van der Waals surface area contributed by atoms with E-state index in [1.165, 1.54) is 25.7 Å². The molecule has 0 aromatic rings. The molecule has 1 fully saturated rings. The molecule has 0 amide bonds. The fourth-order valence-corrected chi connectivity index (χ4v) is 3.33. The molecule has 0 aromatic heterocycles. The van der Waals surface area contributed by atoms with E-state index in [-0.39, 0.29) is 5.54 Å². The van der Waals surface area contributed by atoms with Gasteiger partial charge in [0.05, 0.1) is 6.61 Å². The minimum atomic E-state index is 0.240. The monoisotopic (exact) mass is 256 g/mol. The van der Waals surface area contributed by atoms with E-state index in [9.17, 15) is 0 Å². The third-order valence-corrected chi connectivity index (χ3v) is 4.47. The highest BCUT2D eigenvalue weighted by atomic mass is 16.5. The highest BCUT2D eigenvalue weighted by Crippen LogP contribution is 2.40. The number of ether oxygens (including phenoxy) is 1. The van der Waals surface area contributed by atoms with Crippen molar-refractivity contribution < 1.29 is 4.74 Å². The van der Waals surface area contributed by atoms with Crippen molar-refractivity contribution >= 4 is 0 Å². The van der Waals surface area contributed by atoms with Gasteiger partial charge in [-0.15, -0.1) is 0 Å². The van der Waals surface area contributed by atoms with Crippen LogP contribution in [0.25, 0.3) is 0 Å². The molecule has 2 N–H and O–H groups in total. The van der Waals surface area contributed by atoms with E-state index < -0.39 is 0 Å². The maximum absolute atomic E-state index is 6.15. The quantitative estimate of drug-likeness (QED) is 0.725. The summed E-state index contributed by atoms with van der Waals surface area (Å²) in [6.07, 6.45) is 5.17. The SMILES string of the molecule is CCC1CCC(CN)(N(CCOC)CC(C)C)C1. The fourth-order valence-electron chi connectivity index (χ4n) is 3.33. The molecule has 3 heteroatoms. The molecule has 2 unspecified atom stereocenters. The van der Waals surface area contributed by atoms with Gasteiger partial charge in [-0.3, -0.25) is 4.90 Å². The first-order valence-corrected chi connectivity index (χ1v) is 7.52. The highest BCUT2D eigenvalue weighted by molar-refractivity contribution is 4.99. The predicted molar refractivity (Wildman–Crippen MR) is 77.7 cm³/mol. The Labute approximate surface area is 113 Å². The molecule has 18 heavy (non-hydrogen) atoms. The Bertz CT molecular complexity index is 233. The molecular formula is C15H32N2O. The van der Waals surface area contributed by atoms with E-state index in [0.717, 1.165) is 32.2 Å². The van der Waals surface area contributed by atoms with E-state index in [0.29, 0.717) is 5.92 Å². The molecule has 0 radical (unpaired) electrons. The smallest absolute Gasteiger partial charge is 0.0589 e. The van der Waals surface area contributed by atoms with Gasteiger partial charge < -0.3 is 10.5 Å². The van der Waals surface area contributed by atoms with E-state index in [1.54, 1.807) is 7.11 Å². The highest BCUT2D eigenvalue weighted by Gasteiger charge is 2.41. The Morgan fingerprint density at radius 3 is 2.61 bits per heavy atom. The molecule has 0 aromatic carbocycles. The number of nitrogens with zero attached hydrogens (tertiary/aromatic N) is 1. The summed E-state index contributed by atoms with van der Waals surface area (Å²) in [5.74, 6) is 1.55. The lowest BCUT2D eigenvalue weighted by Gasteiger charge is -2.42. The zero-order chi connectivity index (χ0) is 13.6. The normalized spacial score (nSPS) is 28.5. The van der Waals surface area contributed by atoms with Crippen molar-refractivity contribution in [2.75, 3.05) is 33.4 Å². The van der Waals surface area contributed by atoms with Crippen LogP contribution in [0.4, 0.5) is 0 Å². The van der Waals surface area contributed by atoms with E-state index in [1.807, 2.05) is 0 Å². The number of methoxy groups -OCH3 is 1. The van der Waals surface area contributed by atoms with Crippen molar-refractivity contribution in [3.63, 3.8) is 0 Å². The topological polar surface area (TPSA) is 38.5 Å². The summed E-state index contributed by atoms with van der Waals surface area (Å²) in [5.41, 5.74) is 6.39. The molecule has 108 valence electrons. The maximum Gasteiger partial charge on any atom is 0.0589 e. The summed E-state index contributed by atoms with van der Waals surface area (Å²) in [6.45, 7) is 10.6. The molecule has 0 saturated heterocycles. The molecule has 3 nitrogen and oxygen atoms in total. The molecule has 1 aliphatic carbocycles. The second-order valence-corrected chi connectivity index (χ2v) is 6.28. The molecule has 0 aliphatic heterocycles.